The van der Waals surface area contributed by atoms with E-state index < -0.39 is 17.1 Å². The lowest BCUT2D eigenvalue weighted by atomic mass is 10.1. The third-order valence-electron chi connectivity index (χ3n) is 5.10. The first-order chi connectivity index (χ1) is 14.9. The maximum Gasteiger partial charge on any atom is 0.329 e. The van der Waals surface area contributed by atoms with Crippen LogP contribution < -0.4 is 16.7 Å². The molecule has 166 valence electrons. The van der Waals surface area contributed by atoms with Crippen molar-refractivity contribution in [1.82, 2.24) is 19.1 Å². The zero-order valence-electron chi connectivity index (χ0n) is 17.6. The van der Waals surface area contributed by atoms with Crippen molar-refractivity contribution >= 4 is 34.9 Å². The van der Waals surface area contributed by atoms with Crippen molar-refractivity contribution in [3.05, 3.63) is 55.4 Å². The molecule has 0 radical (unpaired) electrons. The predicted molar refractivity (Wildman–Crippen MR) is 122 cm³/mol. The van der Waals surface area contributed by atoms with Crippen LogP contribution in [0.25, 0.3) is 11.2 Å². The molecule has 0 saturated carbocycles. The van der Waals surface area contributed by atoms with Gasteiger partial charge in [-0.05, 0) is 18.6 Å². The van der Waals surface area contributed by atoms with Gasteiger partial charge in [-0.3, -0.25) is 14.3 Å². The molecule has 10 heteroatoms. The number of anilines is 1. The Balaban J connectivity index is 1.89. The number of halogens is 2. The second-order valence-electron chi connectivity index (χ2n) is 7.35. The highest BCUT2D eigenvalue weighted by molar-refractivity contribution is 6.33. The third kappa shape index (κ3) is 5.22. The number of benzene rings is 1. The lowest BCUT2D eigenvalue weighted by molar-refractivity contribution is 0.565. The van der Waals surface area contributed by atoms with E-state index in [0.29, 0.717) is 12.5 Å². The van der Waals surface area contributed by atoms with Crippen LogP contribution in [-0.4, -0.2) is 25.3 Å². The van der Waals surface area contributed by atoms with E-state index in [1.54, 1.807) is 10.6 Å². The number of H-pyrrole nitrogens is 1. The zero-order chi connectivity index (χ0) is 22.4. The van der Waals surface area contributed by atoms with Crippen LogP contribution in [0.15, 0.2) is 32.9 Å². The van der Waals surface area contributed by atoms with Crippen LogP contribution in [0.3, 0.4) is 0 Å². The Morgan fingerprint density at radius 2 is 1.97 bits per heavy atom. The molecule has 0 atom stereocenters. The first kappa shape index (κ1) is 22.7. The van der Waals surface area contributed by atoms with Gasteiger partial charge in [-0.1, -0.05) is 56.7 Å². The van der Waals surface area contributed by atoms with E-state index >= 15 is 0 Å². The van der Waals surface area contributed by atoms with Gasteiger partial charge in [0.1, 0.15) is 5.82 Å². The number of unbranched alkanes of at least 4 members (excludes halogenated alkanes) is 5. The number of nitrogens with one attached hydrogen (secondary N) is 2. The average Bonchev–Trinajstić information content (AvgIpc) is 3.10. The van der Waals surface area contributed by atoms with Gasteiger partial charge in [-0.25, -0.2) is 14.6 Å². The molecule has 0 saturated heterocycles. The summed E-state index contributed by atoms with van der Waals surface area (Å²) in [5.41, 5.74) is 2.39. The minimum atomic E-state index is -0.546. The van der Waals surface area contributed by atoms with Crippen LogP contribution in [0.4, 0.5) is 10.3 Å². The molecule has 2 N–H and O–H groups in total. The molecule has 8 nitrogen and oxygen atoms in total. The molecule has 1 aromatic carbocycles. The Morgan fingerprint density at radius 3 is 2.71 bits per heavy atom. The number of aryl methyl sites for hydroxylation is 2. The van der Waals surface area contributed by atoms with Crippen LogP contribution >= 0.6 is 11.6 Å². The minimum Gasteiger partial charge on any atom is -0.303 e. The van der Waals surface area contributed by atoms with Gasteiger partial charge in [0.05, 0.1) is 11.2 Å². The molecular formula is C21H26ClFN6O2. The summed E-state index contributed by atoms with van der Waals surface area (Å²) in [5.74, 6) is -0.212. The van der Waals surface area contributed by atoms with Gasteiger partial charge in [0.15, 0.2) is 11.2 Å². The summed E-state index contributed by atoms with van der Waals surface area (Å²) in [6.45, 7) is 2.70. The van der Waals surface area contributed by atoms with Crippen molar-refractivity contribution in [3.63, 3.8) is 0 Å². The number of rotatable bonds is 10. The molecule has 0 amide bonds. The summed E-state index contributed by atoms with van der Waals surface area (Å²) in [5, 5.41) is 4.28. The summed E-state index contributed by atoms with van der Waals surface area (Å²) in [7, 11) is 1.54. The predicted octanol–water partition coefficient (Wildman–Crippen LogP) is 4.02. The van der Waals surface area contributed by atoms with Crippen LogP contribution in [0.2, 0.25) is 5.02 Å². The number of hydrazone groups is 1. The highest BCUT2D eigenvalue weighted by Crippen LogP contribution is 2.19. The SMILES string of the molecule is CCCCCCCCn1c(NN=Cc2c(F)cccc2Cl)nc2c1c(=O)[nH]c(=O)n2C. The first-order valence-electron chi connectivity index (χ1n) is 10.4. The number of imidazole rings is 1. The second kappa shape index (κ2) is 10.4. The Hall–Kier alpha value is -2.94. The van der Waals surface area contributed by atoms with Crippen LogP contribution in [0.1, 0.15) is 51.0 Å². The van der Waals surface area contributed by atoms with Gasteiger partial charge in [0.2, 0.25) is 5.95 Å². The summed E-state index contributed by atoms with van der Waals surface area (Å²) in [6, 6.07) is 4.36. The van der Waals surface area contributed by atoms with Crippen LogP contribution in [0.5, 0.6) is 0 Å². The van der Waals surface area contributed by atoms with Gasteiger partial charge in [-0.2, -0.15) is 10.1 Å². The van der Waals surface area contributed by atoms with Crippen molar-refractivity contribution < 1.29 is 4.39 Å². The van der Waals surface area contributed by atoms with E-state index in [1.165, 1.54) is 49.2 Å². The van der Waals surface area contributed by atoms with E-state index in [2.05, 4.69) is 27.4 Å². The van der Waals surface area contributed by atoms with Gasteiger partial charge in [-0.15, -0.1) is 0 Å². The summed E-state index contributed by atoms with van der Waals surface area (Å²) in [4.78, 5) is 31.1. The highest BCUT2D eigenvalue weighted by Gasteiger charge is 2.17. The summed E-state index contributed by atoms with van der Waals surface area (Å²) in [6.07, 6.45) is 7.78. The van der Waals surface area contributed by atoms with E-state index in [9.17, 15) is 14.0 Å². The van der Waals surface area contributed by atoms with E-state index in [-0.39, 0.29) is 21.7 Å². The number of hydrogen-bond acceptors (Lipinski definition) is 5. The van der Waals surface area contributed by atoms with Crippen molar-refractivity contribution in [2.24, 2.45) is 12.1 Å². The Labute approximate surface area is 183 Å². The fourth-order valence-electron chi connectivity index (χ4n) is 3.38. The first-order valence-corrected chi connectivity index (χ1v) is 10.7. The van der Waals surface area contributed by atoms with Gasteiger partial charge in [0, 0.05) is 19.2 Å². The molecule has 0 unspecified atom stereocenters. The van der Waals surface area contributed by atoms with Gasteiger partial charge in [0.25, 0.3) is 5.56 Å². The van der Waals surface area contributed by atoms with Crippen molar-refractivity contribution in [3.8, 4) is 0 Å². The fraction of sp³-hybridized carbons (Fsp3) is 0.429. The van der Waals surface area contributed by atoms with Crippen molar-refractivity contribution in [2.45, 2.75) is 52.0 Å². The molecule has 0 fully saturated rings. The monoisotopic (exact) mass is 448 g/mol. The number of aromatic nitrogens is 4. The maximum absolute atomic E-state index is 14.0. The number of nitrogens with zero attached hydrogens (tertiary/aromatic N) is 4. The average molecular weight is 449 g/mol. The smallest absolute Gasteiger partial charge is 0.303 e. The molecule has 0 aliphatic carbocycles. The van der Waals surface area contributed by atoms with E-state index in [0.717, 1.165) is 19.3 Å². The molecule has 2 heterocycles. The minimum absolute atomic E-state index is 0.139. The van der Waals surface area contributed by atoms with E-state index in [4.69, 9.17) is 11.6 Å². The standard InChI is InChI=1S/C21H26ClFN6O2/c1-3-4-5-6-7-8-12-29-17-18(28(2)21(31)26-19(17)30)25-20(29)27-24-13-14-15(22)10-9-11-16(14)23/h9-11,13H,3-8,12H2,1-2H3,(H,25,27)(H,26,30,31). The van der Waals surface area contributed by atoms with Crippen molar-refractivity contribution in [2.75, 3.05) is 5.43 Å². The van der Waals surface area contributed by atoms with Crippen LogP contribution in [-0.2, 0) is 13.6 Å². The van der Waals surface area contributed by atoms with Crippen LogP contribution in [0, 0.1) is 5.82 Å². The lowest BCUT2D eigenvalue weighted by Gasteiger charge is -2.08. The largest absolute Gasteiger partial charge is 0.329 e. The Bertz CT molecular complexity index is 1180. The molecule has 0 spiro atoms. The molecule has 0 aliphatic heterocycles. The molecule has 0 aliphatic rings. The topological polar surface area (TPSA) is 97.1 Å². The Kier molecular flexibility index (Phi) is 7.62. The van der Waals surface area contributed by atoms with E-state index in [1.807, 2.05) is 0 Å². The number of fused-ring (bicyclic) bond motifs is 1. The molecular weight excluding hydrogens is 423 g/mol. The number of hydrogen-bond donors (Lipinski definition) is 2. The third-order valence-corrected chi connectivity index (χ3v) is 5.43. The summed E-state index contributed by atoms with van der Waals surface area (Å²) >= 11 is 6.02. The van der Waals surface area contributed by atoms with Gasteiger partial charge >= 0.3 is 5.69 Å². The lowest BCUT2D eigenvalue weighted by Crippen LogP contribution is -2.29. The molecule has 31 heavy (non-hydrogen) atoms. The zero-order valence-corrected chi connectivity index (χ0v) is 18.4. The highest BCUT2D eigenvalue weighted by atomic mass is 35.5. The fourth-order valence-corrected chi connectivity index (χ4v) is 3.59. The second-order valence-corrected chi connectivity index (χ2v) is 7.76. The number of aromatic amines is 1. The molecule has 3 aromatic rings. The Morgan fingerprint density at radius 1 is 1.23 bits per heavy atom. The summed E-state index contributed by atoms with van der Waals surface area (Å²) < 4.78 is 16.9. The quantitative estimate of drug-likeness (QED) is 0.278. The normalized spacial score (nSPS) is 11.6. The maximum atomic E-state index is 14.0. The van der Waals surface area contributed by atoms with Crippen molar-refractivity contribution in [1.29, 1.82) is 0 Å². The molecule has 0 bridgehead atoms. The molecule has 2 aromatic heterocycles. The van der Waals surface area contributed by atoms with Gasteiger partial charge < -0.3 is 4.57 Å². The molecule has 3 rings (SSSR count).